The lowest BCUT2D eigenvalue weighted by molar-refractivity contribution is 0.301. The first-order chi connectivity index (χ1) is 8.16. The van der Waals surface area contributed by atoms with Crippen molar-refractivity contribution in [2.45, 2.75) is 20.5 Å². The lowest BCUT2D eigenvalue weighted by Crippen LogP contribution is -1.99. The van der Waals surface area contributed by atoms with E-state index in [1.54, 1.807) is 12.3 Å². The van der Waals surface area contributed by atoms with Crippen molar-refractivity contribution >= 4 is 11.6 Å². The standard InChI is InChI=1S/C14H14ClNO/c1-10-4-3-5-11(2)14(10)17-9-12-6-7-13(15)16-8-12/h3-8H,9H2,1-2H3. The molecule has 0 spiro atoms. The number of hydrogen-bond acceptors (Lipinski definition) is 2. The zero-order valence-electron chi connectivity index (χ0n) is 9.90. The Labute approximate surface area is 106 Å². The van der Waals surface area contributed by atoms with Crippen LogP contribution >= 0.6 is 11.6 Å². The number of nitrogens with zero attached hydrogens (tertiary/aromatic N) is 1. The zero-order valence-corrected chi connectivity index (χ0v) is 10.7. The first-order valence-corrected chi connectivity index (χ1v) is 5.84. The van der Waals surface area contributed by atoms with E-state index < -0.39 is 0 Å². The molecular weight excluding hydrogens is 234 g/mol. The molecule has 0 fully saturated rings. The number of halogens is 1. The molecule has 17 heavy (non-hydrogen) atoms. The molecule has 0 aliphatic rings. The fourth-order valence-electron chi connectivity index (χ4n) is 1.67. The van der Waals surface area contributed by atoms with E-state index >= 15 is 0 Å². The molecular formula is C14H14ClNO. The molecule has 0 amide bonds. The third-order valence-corrected chi connectivity index (χ3v) is 2.80. The topological polar surface area (TPSA) is 22.1 Å². The summed E-state index contributed by atoms with van der Waals surface area (Å²) < 4.78 is 5.81. The molecule has 0 saturated heterocycles. The van der Waals surface area contributed by atoms with Crippen LogP contribution in [0.3, 0.4) is 0 Å². The van der Waals surface area contributed by atoms with Crippen LogP contribution in [0.25, 0.3) is 0 Å². The second kappa shape index (κ2) is 5.19. The summed E-state index contributed by atoms with van der Waals surface area (Å²) in [4.78, 5) is 4.02. The van der Waals surface area contributed by atoms with Crippen LogP contribution in [0.15, 0.2) is 36.5 Å². The maximum Gasteiger partial charge on any atom is 0.129 e. The maximum atomic E-state index is 5.81. The molecule has 0 N–H and O–H groups in total. The molecule has 0 aliphatic heterocycles. The summed E-state index contributed by atoms with van der Waals surface area (Å²) in [6, 6.07) is 9.81. The SMILES string of the molecule is Cc1cccc(C)c1OCc1ccc(Cl)nc1. The van der Waals surface area contributed by atoms with E-state index in [1.165, 1.54) is 0 Å². The van der Waals surface area contributed by atoms with Gasteiger partial charge in [-0.3, -0.25) is 0 Å². The third-order valence-electron chi connectivity index (χ3n) is 2.58. The summed E-state index contributed by atoms with van der Waals surface area (Å²) in [5.74, 6) is 0.947. The normalized spacial score (nSPS) is 10.3. The Kier molecular flexibility index (Phi) is 3.64. The first kappa shape index (κ1) is 11.9. The van der Waals surface area contributed by atoms with E-state index in [1.807, 2.05) is 38.1 Å². The minimum Gasteiger partial charge on any atom is -0.488 e. The summed E-state index contributed by atoms with van der Waals surface area (Å²) in [6.07, 6.45) is 1.73. The van der Waals surface area contributed by atoms with Gasteiger partial charge in [0.1, 0.15) is 17.5 Å². The van der Waals surface area contributed by atoms with Gasteiger partial charge in [0.2, 0.25) is 0 Å². The molecule has 3 heteroatoms. The predicted octanol–water partition coefficient (Wildman–Crippen LogP) is 3.93. The van der Waals surface area contributed by atoms with Gasteiger partial charge in [-0.2, -0.15) is 0 Å². The van der Waals surface area contributed by atoms with Gasteiger partial charge < -0.3 is 4.74 Å². The lowest BCUT2D eigenvalue weighted by Gasteiger charge is -2.11. The van der Waals surface area contributed by atoms with Crippen LogP contribution in [0.4, 0.5) is 0 Å². The highest BCUT2D eigenvalue weighted by molar-refractivity contribution is 6.29. The van der Waals surface area contributed by atoms with E-state index in [0.29, 0.717) is 11.8 Å². The van der Waals surface area contributed by atoms with Crippen molar-refractivity contribution < 1.29 is 4.74 Å². The molecule has 1 aromatic heterocycles. The minimum absolute atomic E-state index is 0.501. The highest BCUT2D eigenvalue weighted by Crippen LogP contribution is 2.23. The van der Waals surface area contributed by atoms with Gasteiger partial charge in [-0.1, -0.05) is 35.9 Å². The van der Waals surface area contributed by atoms with Gasteiger partial charge in [0.25, 0.3) is 0 Å². The smallest absolute Gasteiger partial charge is 0.129 e. The van der Waals surface area contributed by atoms with Crippen LogP contribution in [0.1, 0.15) is 16.7 Å². The third kappa shape index (κ3) is 2.98. The fraction of sp³-hybridized carbons (Fsp3) is 0.214. The average Bonchev–Trinajstić information content (AvgIpc) is 2.31. The van der Waals surface area contributed by atoms with E-state index in [0.717, 1.165) is 22.4 Å². The van der Waals surface area contributed by atoms with Crippen LogP contribution in [0, 0.1) is 13.8 Å². The maximum absolute atomic E-state index is 5.81. The Morgan fingerprint density at radius 3 is 2.41 bits per heavy atom. The molecule has 1 aromatic carbocycles. The molecule has 0 saturated carbocycles. The number of benzene rings is 1. The highest BCUT2D eigenvalue weighted by atomic mass is 35.5. The zero-order chi connectivity index (χ0) is 12.3. The number of hydrogen-bond donors (Lipinski definition) is 0. The Hall–Kier alpha value is -1.54. The summed E-state index contributed by atoms with van der Waals surface area (Å²) in [5.41, 5.74) is 3.30. The fourth-order valence-corrected chi connectivity index (χ4v) is 1.79. The molecule has 0 bridgehead atoms. The average molecular weight is 248 g/mol. The van der Waals surface area contributed by atoms with Crippen LogP contribution in [-0.2, 0) is 6.61 Å². The summed E-state index contributed by atoms with van der Waals surface area (Å²) in [7, 11) is 0. The Morgan fingerprint density at radius 2 is 1.82 bits per heavy atom. The van der Waals surface area contributed by atoms with E-state index in [-0.39, 0.29) is 0 Å². The van der Waals surface area contributed by atoms with Crippen molar-refractivity contribution in [3.8, 4) is 5.75 Å². The van der Waals surface area contributed by atoms with Crippen molar-refractivity contribution in [3.63, 3.8) is 0 Å². The molecule has 0 unspecified atom stereocenters. The molecule has 88 valence electrons. The molecule has 2 aromatic rings. The van der Waals surface area contributed by atoms with Gasteiger partial charge in [-0.05, 0) is 31.0 Å². The van der Waals surface area contributed by atoms with Crippen LogP contribution in [-0.4, -0.2) is 4.98 Å². The molecule has 2 rings (SSSR count). The summed E-state index contributed by atoms with van der Waals surface area (Å²) >= 11 is 5.73. The van der Waals surface area contributed by atoms with Crippen molar-refractivity contribution in [2.24, 2.45) is 0 Å². The van der Waals surface area contributed by atoms with E-state index in [4.69, 9.17) is 16.3 Å². The number of aryl methyl sites for hydroxylation is 2. The van der Waals surface area contributed by atoms with Gasteiger partial charge in [-0.15, -0.1) is 0 Å². The molecule has 2 nitrogen and oxygen atoms in total. The van der Waals surface area contributed by atoms with Gasteiger partial charge >= 0.3 is 0 Å². The lowest BCUT2D eigenvalue weighted by atomic mass is 10.1. The highest BCUT2D eigenvalue weighted by Gasteiger charge is 2.03. The summed E-state index contributed by atoms with van der Waals surface area (Å²) in [6.45, 7) is 4.60. The predicted molar refractivity (Wildman–Crippen MR) is 69.5 cm³/mol. The molecule has 1 heterocycles. The molecule has 0 aliphatic carbocycles. The van der Waals surface area contributed by atoms with Crippen molar-refractivity contribution in [2.75, 3.05) is 0 Å². The number of para-hydroxylation sites is 1. The molecule has 0 atom stereocenters. The van der Waals surface area contributed by atoms with Crippen LogP contribution < -0.4 is 4.74 Å². The first-order valence-electron chi connectivity index (χ1n) is 5.46. The van der Waals surface area contributed by atoms with Crippen molar-refractivity contribution in [1.29, 1.82) is 0 Å². The Balaban J connectivity index is 2.10. The largest absolute Gasteiger partial charge is 0.488 e. The minimum atomic E-state index is 0.501. The van der Waals surface area contributed by atoms with E-state index in [9.17, 15) is 0 Å². The quantitative estimate of drug-likeness (QED) is 0.767. The number of ether oxygens (including phenoxy) is 1. The van der Waals surface area contributed by atoms with E-state index in [2.05, 4.69) is 4.98 Å². The van der Waals surface area contributed by atoms with Gasteiger partial charge in [0.05, 0.1) is 0 Å². The second-order valence-corrected chi connectivity index (χ2v) is 4.39. The number of pyridine rings is 1. The van der Waals surface area contributed by atoms with Crippen LogP contribution in [0.5, 0.6) is 5.75 Å². The van der Waals surface area contributed by atoms with Crippen LogP contribution in [0.2, 0.25) is 5.15 Å². The van der Waals surface area contributed by atoms with Gasteiger partial charge in [0, 0.05) is 11.8 Å². The second-order valence-electron chi connectivity index (χ2n) is 4.00. The Morgan fingerprint density at radius 1 is 1.12 bits per heavy atom. The van der Waals surface area contributed by atoms with Gasteiger partial charge in [0.15, 0.2) is 0 Å². The number of aromatic nitrogens is 1. The Bertz CT molecular complexity index is 488. The van der Waals surface area contributed by atoms with Crippen molar-refractivity contribution in [3.05, 3.63) is 58.4 Å². The van der Waals surface area contributed by atoms with Crippen molar-refractivity contribution in [1.82, 2.24) is 4.98 Å². The monoisotopic (exact) mass is 247 g/mol. The summed E-state index contributed by atoms with van der Waals surface area (Å²) in [5, 5.41) is 0.501. The number of rotatable bonds is 3. The van der Waals surface area contributed by atoms with Gasteiger partial charge in [-0.25, -0.2) is 4.98 Å². The molecule has 0 radical (unpaired) electrons.